The van der Waals surface area contributed by atoms with Crippen LogP contribution in [0, 0.1) is 0 Å². The number of carbonyl (C=O) groups excluding carboxylic acids is 1. The second kappa shape index (κ2) is 6.51. The third kappa shape index (κ3) is 4.31. The average Bonchev–Trinajstić information content (AvgIpc) is 2.89. The van der Waals surface area contributed by atoms with Crippen LogP contribution in [0.15, 0.2) is 42.7 Å². The van der Waals surface area contributed by atoms with Gasteiger partial charge in [0.1, 0.15) is 5.75 Å². The van der Waals surface area contributed by atoms with Crippen molar-refractivity contribution >= 4 is 17.8 Å². The molecule has 0 saturated carbocycles. The molecule has 6 heteroatoms. The largest absolute Gasteiger partial charge is 0.482 e. The van der Waals surface area contributed by atoms with Gasteiger partial charge >= 0.3 is 5.97 Å². The molecular formula is C15H14N2O4. The Hall–Kier alpha value is -2.89. The van der Waals surface area contributed by atoms with Crippen molar-refractivity contribution in [1.82, 2.24) is 9.78 Å². The molecule has 0 saturated heterocycles. The molecule has 1 heterocycles. The highest BCUT2D eigenvalue weighted by Crippen LogP contribution is 2.13. The summed E-state index contributed by atoms with van der Waals surface area (Å²) in [5.74, 6) is -0.789. The highest BCUT2D eigenvalue weighted by molar-refractivity contribution is 6.06. The summed E-state index contributed by atoms with van der Waals surface area (Å²) in [6.45, 7) is -0.409. The van der Waals surface area contributed by atoms with E-state index < -0.39 is 12.6 Å². The minimum absolute atomic E-state index is 0.149. The molecule has 0 bridgehead atoms. The molecule has 0 spiro atoms. The molecule has 0 unspecified atom stereocenters. The topological polar surface area (TPSA) is 81.4 Å². The zero-order valence-corrected chi connectivity index (χ0v) is 11.4. The molecule has 0 radical (unpaired) electrons. The van der Waals surface area contributed by atoms with Gasteiger partial charge in [-0.25, -0.2) is 4.79 Å². The number of benzene rings is 1. The van der Waals surface area contributed by atoms with E-state index in [1.807, 2.05) is 0 Å². The van der Waals surface area contributed by atoms with Crippen molar-refractivity contribution in [2.24, 2.45) is 7.05 Å². The van der Waals surface area contributed by atoms with E-state index in [1.165, 1.54) is 6.08 Å². The number of hydrogen-bond acceptors (Lipinski definition) is 4. The van der Waals surface area contributed by atoms with Gasteiger partial charge < -0.3 is 9.84 Å². The van der Waals surface area contributed by atoms with E-state index in [2.05, 4.69) is 5.10 Å². The van der Waals surface area contributed by atoms with Gasteiger partial charge in [-0.2, -0.15) is 5.10 Å². The molecule has 0 aliphatic carbocycles. The van der Waals surface area contributed by atoms with E-state index in [0.29, 0.717) is 11.3 Å². The predicted octanol–water partition coefficient (Wildman–Crippen LogP) is 1.78. The summed E-state index contributed by atoms with van der Waals surface area (Å²) in [6, 6.07) is 6.31. The maximum atomic E-state index is 12.0. The highest BCUT2D eigenvalue weighted by Gasteiger charge is 2.04. The number of carboxylic acids is 1. The minimum atomic E-state index is -1.05. The Morgan fingerprint density at radius 2 is 2.05 bits per heavy atom. The molecule has 108 valence electrons. The van der Waals surface area contributed by atoms with Crippen molar-refractivity contribution < 1.29 is 19.4 Å². The number of aryl methyl sites for hydroxylation is 1. The van der Waals surface area contributed by atoms with Crippen LogP contribution in [0.25, 0.3) is 6.08 Å². The lowest BCUT2D eigenvalue weighted by atomic mass is 10.1. The lowest BCUT2D eigenvalue weighted by Crippen LogP contribution is -2.09. The second-order valence-corrected chi connectivity index (χ2v) is 4.35. The van der Waals surface area contributed by atoms with E-state index in [-0.39, 0.29) is 5.78 Å². The first-order chi connectivity index (χ1) is 10.0. The summed E-state index contributed by atoms with van der Waals surface area (Å²) >= 11 is 0. The minimum Gasteiger partial charge on any atom is -0.482 e. The Balaban J connectivity index is 1.99. The Morgan fingerprint density at radius 1 is 1.33 bits per heavy atom. The molecule has 0 aliphatic heterocycles. The van der Waals surface area contributed by atoms with Gasteiger partial charge in [0.05, 0.1) is 6.20 Å². The Bertz CT molecular complexity index is 671. The van der Waals surface area contributed by atoms with Crippen molar-refractivity contribution in [1.29, 1.82) is 0 Å². The summed E-state index contributed by atoms with van der Waals surface area (Å²) in [5.41, 5.74) is 1.34. The lowest BCUT2D eigenvalue weighted by molar-refractivity contribution is -0.139. The fourth-order valence-corrected chi connectivity index (χ4v) is 1.65. The Morgan fingerprint density at radius 3 is 2.62 bits per heavy atom. The number of hydrogen-bond donors (Lipinski definition) is 1. The Labute approximate surface area is 121 Å². The van der Waals surface area contributed by atoms with Gasteiger partial charge in [-0.1, -0.05) is 0 Å². The van der Waals surface area contributed by atoms with E-state index in [4.69, 9.17) is 9.84 Å². The number of ether oxygens (including phenoxy) is 1. The predicted molar refractivity (Wildman–Crippen MR) is 76.1 cm³/mol. The number of ketones is 1. The first kappa shape index (κ1) is 14.5. The first-order valence-corrected chi connectivity index (χ1v) is 6.20. The van der Waals surface area contributed by atoms with E-state index in [1.54, 1.807) is 54.5 Å². The van der Waals surface area contributed by atoms with E-state index in [9.17, 15) is 9.59 Å². The number of allylic oxidation sites excluding steroid dienone is 1. The fourth-order valence-electron chi connectivity index (χ4n) is 1.65. The monoisotopic (exact) mass is 286 g/mol. The SMILES string of the molecule is Cn1cc(/C=C/C(=O)c2ccc(OCC(=O)O)cc2)cn1. The van der Waals surface area contributed by atoms with E-state index in [0.717, 1.165) is 5.56 Å². The van der Waals surface area contributed by atoms with Crippen LogP contribution in [0.4, 0.5) is 0 Å². The van der Waals surface area contributed by atoms with Crippen molar-refractivity contribution in [3.63, 3.8) is 0 Å². The van der Waals surface area contributed by atoms with Gasteiger partial charge in [0, 0.05) is 24.4 Å². The number of aromatic nitrogens is 2. The number of nitrogens with zero attached hydrogens (tertiary/aromatic N) is 2. The maximum Gasteiger partial charge on any atom is 0.341 e. The van der Waals surface area contributed by atoms with Crippen molar-refractivity contribution in [2.45, 2.75) is 0 Å². The Kier molecular flexibility index (Phi) is 4.50. The van der Waals surface area contributed by atoms with E-state index >= 15 is 0 Å². The molecule has 2 rings (SSSR count). The summed E-state index contributed by atoms with van der Waals surface area (Å²) in [4.78, 5) is 22.3. The number of carbonyl (C=O) groups is 2. The van der Waals surface area contributed by atoms with Gasteiger partial charge in [-0.15, -0.1) is 0 Å². The van der Waals surface area contributed by atoms with Gasteiger partial charge in [0.2, 0.25) is 0 Å². The molecule has 0 amide bonds. The van der Waals surface area contributed by atoms with Gasteiger partial charge in [0.15, 0.2) is 12.4 Å². The smallest absolute Gasteiger partial charge is 0.341 e. The van der Waals surface area contributed by atoms with Crippen LogP contribution in [0.1, 0.15) is 15.9 Å². The zero-order chi connectivity index (χ0) is 15.2. The summed E-state index contributed by atoms with van der Waals surface area (Å²) in [7, 11) is 1.80. The quantitative estimate of drug-likeness (QED) is 0.646. The second-order valence-electron chi connectivity index (χ2n) is 4.35. The third-order valence-corrected chi connectivity index (χ3v) is 2.65. The van der Waals surface area contributed by atoms with Gasteiger partial charge in [-0.05, 0) is 36.4 Å². The molecule has 1 aromatic heterocycles. The molecule has 1 aromatic carbocycles. The van der Waals surface area contributed by atoms with Crippen molar-refractivity contribution in [3.8, 4) is 5.75 Å². The number of rotatable bonds is 6. The highest BCUT2D eigenvalue weighted by atomic mass is 16.5. The van der Waals surface area contributed by atoms with Crippen LogP contribution in [-0.4, -0.2) is 33.2 Å². The number of aliphatic carboxylic acids is 1. The molecule has 1 N–H and O–H groups in total. The van der Waals surface area contributed by atoms with Gasteiger partial charge in [0.25, 0.3) is 0 Å². The van der Waals surface area contributed by atoms with Gasteiger partial charge in [-0.3, -0.25) is 9.48 Å². The molecular weight excluding hydrogens is 272 g/mol. The summed E-state index contributed by atoms with van der Waals surface area (Å²) < 4.78 is 6.65. The molecule has 0 aliphatic rings. The normalized spacial score (nSPS) is 10.7. The fraction of sp³-hybridized carbons (Fsp3) is 0.133. The molecule has 0 atom stereocenters. The maximum absolute atomic E-state index is 12.0. The van der Waals surface area contributed by atoms with Crippen molar-refractivity contribution in [3.05, 3.63) is 53.9 Å². The molecule has 21 heavy (non-hydrogen) atoms. The van der Waals surface area contributed by atoms with Crippen LogP contribution in [0.5, 0.6) is 5.75 Å². The first-order valence-electron chi connectivity index (χ1n) is 6.20. The molecule has 0 fully saturated rings. The number of carboxylic acid groups (broad SMARTS) is 1. The average molecular weight is 286 g/mol. The lowest BCUT2D eigenvalue weighted by Gasteiger charge is -2.03. The van der Waals surface area contributed by atoms with Crippen LogP contribution < -0.4 is 4.74 Å². The van der Waals surface area contributed by atoms with Crippen LogP contribution >= 0.6 is 0 Å². The summed E-state index contributed by atoms with van der Waals surface area (Å²) in [5, 5.41) is 12.5. The van der Waals surface area contributed by atoms with Crippen LogP contribution in [0.3, 0.4) is 0 Å². The van der Waals surface area contributed by atoms with Crippen molar-refractivity contribution in [2.75, 3.05) is 6.61 Å². The standard InChI is InChI=1S/C15H14N2O4/c1-17-9-11(8-16-17)2-7-14(18)12-3-5-13(6-4-12)21-10-15(19)20/h2-9H,10H2,1H3,(H,19,20)/b7-2+. The van der Waals surface area contributed by atoms with Crippen LogP contribution in [0.2, 0.25) is 0 Å². The summed E-state index contributed by atoms with van der Waals surface area (Å²) in [6.07, 6.45) is 6.60. The van der Waals surface area contributed by atoms with Crippen LogP contribution in [-0.2, 0) is 11.8 Å². The zero-order valence-electron chi connectivity index (χ0n) is 11.4. The molecule has 6 nitrogen and oxygen atoms in total. The molecule has 2 aromatic rings. The third-order valence-electron chi connectivity index (χ3n) is 2.65.